The summed E-state index contributed by atoms with van der Waals surface area (Å²) in [5.41, 5.74) is 0.198. The summed E-state index contributed by atoms with van der Waals surface area (Å²) in [7, 11) is 2.43. The summed E-state index contributed by atoms with van der Waals surface area (Å²) in [6.07, 6.45) is 6.53. The quantitative estimate of drug-likeness (QED) is 0.347. The van der Waals surface area contributed by atoms with Crippen LogP contribution in [-0.4, -0.2) is 30.1 Å². The van der Waals surface area contributed by atoms with E-state index in [9.17, 15) is 0 Å². The van der Waals surface area contributed by atoms with Gasteiger partial charge in [0.25, 0.3) is 0 Å². The van der Waals surface area contributed by atoms with Gasteiger partial charge in [-0.2, -0.15) is 0 Å². The first-order chi connectivity index (χ1) is 7.20. The first kappa shape index (κ1) is 14.8. The van der Waals surface area contributed by atoms with E-state index in [4.69, 9.17) is 13.3 Å². The van der Waals surface area contributed by atoms with Crippen LogP contribution in [0.2, 0.25) is 5.54 Å². The molecular weight excluding hydrogens is 208 g/mol. The van der Waals surface area contributed by atoms with E-state index in [0.29, 0.717) is 0 Å². The summed E-state index contributed by atoms with van der Waals surface area (Å²) in [6.45, 7) is 6.04. The van der Waals surface area contributed by atoms with Crippen LogP contribution in [0.3, 0.4) is 0 Å². The van der Waals surface area contributed by atoms with Crippen LogP contribution in [0.4, 0.5) is 0 Å². The predicted octanol–water partition coefficient (Wildman–Crippen LogP) is 3.00. The Bertz CT molecular complexity index is 161. The zero-order valence-corrected chi connectivity index (χ0v) is 11.4. The molecule has 0 aliphatic heterocycles. The van der Waals surface area contributed by atoms with E-state index in [0.717, 1.165) is 12.8 Å². The highest BCUT2D eigenvalue weighted by molar-refractivity contribution is 6.62. The van der Waals surface area contributed by atoms with E-state index in [1.807, 2.05) is 6.08 Å². The molecule has 90 valence electrons. The second-order valence-electron chi connectivity index (χ2n) is 3.55. The van der Waals surface area contributed by atoms with Crippen molar-refractivity contribution < 1.29 is 13.3 Å². The molecule has 4 heteroatoms. The molecule has 0 radical (unpaired) electrons. The minimum atomic E-state index is -2.51. The molecule has 3 nitrogen and oxygen atoms in total. The lowest BCUT2D eigenvalue weighted by Crippen LogP contribution is -2.47. The first-order valence-electron chi connectivity index (χ1n) is 5.48. The van der Waals surface area contributed by atoms with Crippen molar-refractivity contribution in [2.24, 2.45) is 0 Å². The zero-order chi connectivity index (χ0) is 11.7. The molecule has 15 heavy (non-hydrogen) atoms. The van der Waals surface area contributed by atoms with Crippen LogP contribution in [0.1, 0.15) is 32.6 Å². The van der Waals surface area contributed by atoms with Gasteiger partial charge in [-0.1, -0.05) is 32.3 Å². The second kappa shape index (κ2) is 8.04. The van der Waals surface area contributed by atoms with E-state index >= 15 is 0 Å². The second-order valence-corrected chi connectivity index (χ2v) is 6.73. The molecule has 0 aromatic heterocycles. The minimum Gasteiger partial charge on any atom is -0.376 e. The van der Waals surface area contributed by atoms with Gasteiger partial charge in [0.2, 0.25) is 0 Å². The Labute approximate surface area is 94.8 Å². The molecule has 0 rings (SSSR count). The van der Waals surface area contributed by atoms with Crippen LogP contribution in [0.5, 0.6) is 0 Å². The standard InChI is InChI=1S/C11H24O3Si/c1-6-8-9-10-11(7-2)15(12-3,13-4)14-5/h7,11H,2,6,8-10H2,1,3-5H3. The fraction of sp³-hybridized carbons (Fsp3) is 0.818. The minimum absolute atomic E-state index is 0.198. The number of allylic oxidation sites excluding steroid dienone is 1. The Morgan fingerprint density at radius 3 is 2.00 bits per heavy atom. The van der Waals surface area contributed by atoms with Gasteiger partial charge in [-0.05, 0) is 6.42 Å². The average molecular weight is 232 g/mol. The highest BCUT2D eigenvalue weighted by Gasteiger charge is 2.45. The van der Waals surface area contributed by atoms with Gasteiger partial charge in [0.15, 0.2) is 0 Å². The van der Waals surface area contributed by atoms with E-state index in [1.165, 1.54) is 12.8 Å². The van der Waals surface area contributed by atoms with Gasteiger partial charge >= 0.3 is 8.80 Å². The predicted molar refractivity (Wildman–Crippen MR) is 64.9 cm³/mol. The number of hydrogen-bond acceptors (Lipinski definition) is 3. The third-order valence-electron chi connectivity index (χ3n) is 2.71. The van der Waals surface area contributed by atoms with Crippen LogP contribution in [0, 0.1) is 0 Å². The van der Waals surface area contributed by atoms with Crippen LogP contribution in [-0.2, 0) is 13.3 Å². The number of rotatable bonds is 9. The molecule has 1 atom stereocenters. The topological polar surface area (TPSA) is 27.7 Å². The Hall–Kier alpha value is -0.163. The highest BCUT2D eigenvalue weighted by atomic mass is 28.4. The number of hydrogen-bond donors (Lipinski definition) is 0. The van der Waals surface area contributed by atoms with Gasteiger partial charge in [0.05, 0.1) is 0 Å². The van der Waals surface area contributed by atoms with Crippen molar-refractivity contribution in [2.75, 3.05) is 21.3 Å². The van der Waals surface area contributed by atoms with Gasteiger partial charge in [-0.15, -0.1) is 6.58 Å². The molecule has 0 heterocycles. The maximum atomic E-state index is 5.44. The van der Waals surface area contributed by atoms with Crippen molar-refractivity contribution in [3.63, 3.8) is 0 Å². The van der Waals surface area contributed by atoms with Crippen LogP contribution in [0.15, 0.2) is 12.7 Å². The van der Waals surface area contributed by atoms with Gasteiger partial charge in [-0.3, -0.25) is 0 Å². The Balaban J connectivity index is 4.38. The molecule has 0 fully saturated rings. The maximum Gasteiger partial charge on any atom is 0.507 e. The summed E-state index contributed by atoms with van der Waals surface area (Å²) in [6, 6.07) is 0. The fourth-order valence-corrected chi connectivity index (χ4v) is 4.01. The third-order valence-corrected chi connectivity index (χ3v) is 5.85. The van der Waals surface area contributed by atoms with Crippen LogP contribution in [0.25, 0.3) is 0 Å². The molecule has 0 N–H and O–H groups in total. The van der Waals surface area contributed by atoms with Gasteiger partial charge in [0.1, 0.15) is 0 Å². The van der Waals surface area contributed by atoms with E-state index in [-0.39, 0.29) is 5.54 Å². The SMILES string of the molecule is C=CC(CCCCC)[Si](OC)(OC)OC. The molecule has 0 aromatic carbocycles. The largest absolute Gasteiger partial charge is 0.507 e. The van der Waals surface area contributed by atoms with Gasteiger partial charge in [-0.25, -0.2) is 0 Å². The Morgan fingerprint density at radius 1 is 1.13 bits per heavy atom. The highest BCUT2D eigenvalue weighted by Crippen LogP contribution is 2.30. The fourth-order valence-electron chi connectivity index (χ4n) is 1.76. The van der Waals surface area contributed by atoms with Crippen molar-refractivity contribution in [3.05, 3.63) is 12.7 Å². The lowest BCUT2D eigenvalue weighted by Gasteiger charge is -2.30. The van der Waals surface area contributed by atoms with E-state index < -0.39 is 8.80 Å². The molecular formula is C11H24O3Si. The molecule has 1 unspecified atom stereocenters. The van der Waals surface area contributed by atoms with Crippen molar-refractivity contribution in [3.8, 4) is 0 Å². The summed E-state index contributed by atoms with van der Waals surface area (Å²) < 4.78 is 16.3. The Morgan fingerprint density at radius 2 is 1.67 bits per heavy atom. The van der Waals surface area contributed by atoms with Crippen molar-refractivity contribution >= 4 is 8.80 Å². The first-order valence-corrected chi connectivity index (χ1v) is 7.28. The third kappa shape index (κ3) is 4.07. The zero-order valence-electron chi connectivity index (χ0n) is 10.4. The molecule has 0 amide bonds. The molecule has 0 aliphatic rings. The van der Waals surface area contributed by atoms with Gasteiger partial charge in [0, 0.05) is 26.9 Å². The van der Waals surface area contributed by atoms with Crippen molar-refractivity contribution in [1.82, 2.24) is 0 Å². The molecule has 0 spiro atoms. The molecule has 0 bridgehead atoms. The molecule has 0 aromatic rings. The monoisotopic (exact) mass is 232 g/mol. The normalized spacial score (nSPS) is 13.9. The maximum absolute atomic E-state index is 5.44. The van der Waals surface area contributed by atoms with E-state index in [2.05, 4.69) is 13.5 Å². The summed E-state index contributed by atoms with van der Waals surface area (Å²) in [5.74, 6) is 0. The number of unbranched alkanes of at least 4 members (excludes halogenated alkanes) is 2. The molecule has 0 saturated carbocycles. The smallest absolute Gasteiger partial charge is 0.376 e. The van der Waals surface area contributed by atoms with Crippen LogP contribution < -0.4 is 0 Å². The summed E-state index contributed by atoms with van der Waals surface area (Å²) in [5, 5.41) is 0. The van der Waals surface area contributed by atoms with E-state index in [1.54, 1.807) is 21.3 Å². The summed E-state index contributed by atoms with van der Waals surface area (Å²) in [4.78, 5) is 0. The van der Waals surface area contributed by atoms with Crippen molar-refractivity contribution in [2.45, 2.75) is 38.1 Å². The molecule has 0 saturated heterocycles. The van der Waals surface area contributed by atoms with Gasteiger partial charge < -0.3 is 13.3 Å². The summed E-state index contributed by atoms with van der Waals surface area (Å²) >= 11 is 0. The average Bonchev–Trinajstić information content (AvgIpc) is 2.29. The van der Waals surface area contributed by atoms with Crippen LogP contribution >= 0.6 is 0 Å². The lowest BCUT2D eigenvalue weighted by atomic mass is 10.1. The van der Waals surface area contributed by atoms with Crippen molar-refractivity contribution in [1.29, 1.82) is 0 Å². The Kier molecular flexibility index (Phi) is 7.96. The molecule has 0 aliphatic carbocycles. The lowest BCUT2D eigenvalue weighted by molar-refractivity contribution is 0.115.